The van der Waals surface area contributed by atoms with Crippen molar-refractivity contribution in [3.63, 3.8) is 0 Å². The van der Waals surface area contributed by atoms with Crippen molar-refractivity contribution in [2.75, 3.05) is 13.2 Å². The topological polar surface area (TPSA) is 18.5 Å². The quantitative estimate of drug-likeness (QED) is 0.263. The molecule has 4 rings (SSSR count). The molecule has 1 aliphatic heterocycles. The molecular weight excluding hydrogens is 430 g/mol. The van der Waals surface area contributed by atoms with Crippen LogP contribution in [-0.2, 0) is 4.74 Å². The van der Waals surface area contributed by atoms with Gasteiger partial charge in [-0.2, -0.15) is 4.39 Å². The average molecular weight is 475 g/mol. The van der Waals surface area contributed by atoms with Crippen LogP contribution in [0.15, 0.2) is 23.8 Å². The lowest BCUT2D eigenvalue weighted by Crippen LogP contribution is -2.34. The largest absolute Gasteiger partial charge is 0.491 e. The van der Waals surface area contributed by atoms with Gasteiger partial charge in [0.2, 0.25) is 5.82 Å². The zero-order chi connectivity index (χ0) is 23.9. The van der Waals surface area contributed by atoms with Gasteiger partial charge in [0, 0.05) is 5.92 Å². The van der Waals surface area contributed by atoms with Crippen molar-refractivity contribution in [2.45, 2.75) is 109 Å². The molecule has 0 amide bonds. The van der Waals surface area contributed by atoms with Gasteiger partial charge in [-0.05, 0) is 94.1 Å². The van der Waals surface area contributed by atoms with E-state index < -0.39 is 11.6 Å². The lowest BCUT2D eigenvalue weighted by molar-refractivity contribution is -0.0428. The Balaban J connectivity index is 1.22. The summed E-state index contributed by atoms with van der Waals surface area (Å²) in [6.45, 7) is 4.86. The Morgan fingerprint density at radius 2 is 1.71 bits per heavy atom. The molecule has 1 heterocycles. The fraction of sp³-hybridized carbons (Fsp3) is 0.733. The monoisotopic (exact) mass is 474 g/mol. The second-order valence-electron chi connectivity index (χ2n) is 10.9. The highest BCUT2D eigenvalue weighted by Crippen LogP contribution is 2.43. The molecule has 1 aromatic rings. The number of unbranched alkanes of at least 4 members (excludes halogenated alkanes) is 2. The average Bonchev–Trinajstić information content (AvgIpc) is 2.88. The van der Waals surface area contributed by atoms with Crippen LogP contribution in [0.3, 0.4) is 0 Å². The first-order valence-electron chi connectivity index (χ1n) is 14.0. The number of ether oxygens (including phenoxy) is 2. The van der Waals surface area contributed by atoms with Crippen LogP contribution in [0.25, 0.3) is 0 Å². The third kappa shape index (κ3) is 6.22. The predicted octanol–water partition coefficient (Wildman–Crippen LogP) is 8.74. The Morgan fingerprint density at radius 1 is 0.912 bits per heavy atom. The third-order valence-electron chi connectivity index (χ3n) is 8.72. The van der Waals surface area contributed by atoms with Gasteiger partial charge in [0.1, 0.15) is 0 Å². The van der Waals surface area contributed by atoms with Crippen LogP contribution in [-0.4, -0.2) is 19.3 Å². The van der Waals surface area contributed by atoms with Crippen LogP contribution in [0.2, 0.25) is 0 Å². The number of hydrogen-bond donors (Lipinski definition) is 0. The molecule has 1 saturated carbocycles. The van der Waals surface area contributed by atoms with Crippen molar-refractivity contribution >= 4 is 0 Å². The summed E-state index contributed by atoms with van der Waals surface area (Å²) < 4.78 is 40.4. The van der Waals surface area contributed by atoms with Crippen LogP contribution >= 0.6 is 0 Å². The van der Waals surface area contributed by atoms with E-state index in [4.69, 9.17) is 9.47 Å². The van der Waals surface area contributed by atoms with E-state index in [1.807, 2.05) is 0 Å². The lowest BCUT2D eigenvalue weighted by Gasteiger charge is -2.39. The maximum Gasteiger partial charge on any atom is 0.200 e. The molecule has 1 aromatic carbocycles. The van der Waals surface area contributed by atoms with Crippen LogP contribution in [0, 0.1) is 29.4 Å². The van der Waals surface area contributed by atoms with Gasteiger partial charge >= 0.3 is 0 Å². The van der Waals surface area contributed by atoms with Gasteiger partial charge in [-0.25, -0.2) is 4.39 Å². The molecule has 0 N–H and O–H groups in total. The summed E-state index contributed by atoms with van der Waals surface area (Å²) in [6.07, 6.45) is 19.3. The molecule has 4 heteroatoms. The minimum absolute atomic E-state index is 0.00444. The number of hydrogen-bond acceptors (Lipinski definition) is 2. The summed E-state index contributed by atoms with van der Waals surface area (Å²) in [5, 5.41) is 0. The molecule has 0 spiro atoms. The summed E-state index contributed by atoms with van der Waals surface area (Å²) in [5.74, 6) is 0.598. The normalized spacial score (nSPS) is 30.1. The Labute approximate surface area is 205 Å². The maximum absolute atomic E-state index is 14.6. The Morgan fingerprint density at radius 3 is 2.35 bits per heavy atom. The molecular formula is C30H44F2O2. The molecule has 34 heavy (non-hydrogen) atoms. The van der Waals surface area contributed by atoms with E-state index >= 15 is 0 Å². The molecule has 3 atom stereocenters. The lowest BCUT2D eigenvalue weighted by atomic mass is 9.72. The van der Waals surface area contributed by atoms with Crippen LogP contribution < -0.4 is 4.74 Å². The fourth-order valence-corrected chi connectivity index (χ4v) is 6.60. The molecule has 2 nitrogen and oxygen atoms in total. The molecule has 190 valence electrons. The van der Waals surface area contributed by atoms with Gasteiger partial charge in [0.05, 0.1) is 19.3 Å². The molecule has 0 bridgehead atoms. The molecule has 1 saturated heterocycles. The zero-order valence-electron chi connectivity index (χ0n) is 21.3. The van der Waals surface area contributed by atoms with Crippen LogP contribution in [0.4, 0.5) is 8.78 Å². The molecule has 0 radical (unpaired) electrons. The minimum Gasteiger partial charge on any atom is -0.491 e. The van der Waals surface area contributed by atoms with Crippen molar-refractivity contribution in [1.29, 1.82) is 0 Å². The third-order valence-corrected chi connectivity index (χ3v) is 8.72. The highest BCUT2D eigenvalue weighted by molar-refractivity contribution is 5.33. The van der Waals surface area contributed by atoms with Gasteiger partial charge in [0.15, 0.2) is 11.6 Å². The predicted molar refractivity (Wildman–Crippen MR) is 134 cm³/mol. The van der Waals surface area contributed by atoms with Gasteiger partial charge in [0.25, 0.3) is 0 Å². The zero-order valence-corrected chi connectivity index (χ0v) is 21.3. The summed E-state index contributed by atoms with van der Waals surface area (Å²) in [7, 11) is 0. The first-order valence-corrected chi connectivity index (χ1v) is 14.0. The SMILES string of the molecule is CCCCCC1CC=C(C2CCC(C3CCC(c4ccc(OCC)c(F)c4F)CO3)CC2)CC1. The summed E-state index contributed by atoms with van der Waals surface area (Å²) >= 11 is 0. The van der Waals surface area contributed by atoms with E-state index in [0.717, 1.165) is 24.7 Å². The summed E-state index contributed by atoms with van der Waals surface area (Å²) in [4.78, 5) is 0. The Bertz CT molecular complexity index is 804. The summed E-state index contributed by atoms with van der Waals surface area (Å²) in [6, 6.07) is 3.23. The number of halogens is 2. The smallest absolute Gasteiger partial charge is 0.200 e. The van der Waals surface area contributed by atoms with E-state index in [1.54, 1.807) is 24.6 Å². The van der Waals surface area contributed by atoms with Crippen molar-refractivity contribution in [2.24, 2.45) is 17.8 Å². The van der Waals surface area contributed by atoms with Crippen LogP contribution in [0.5, 0.6) is 5.75 Å². The fourth-order valence-electron chi connectivity index (χ4n) is 6.60. The van der Waals surface area contributed by atoms with E-state index in [0.29, 0.717) is 24.7 Å². The molecule has 3 unspecified atom stereocenters. The first-order chi connectivity index (χ1) is 16.6. The van der Waals surface area contributed by atoms with E-state index in [-0.39, 0.29) is 17.8 Å². The first kappa shape index (κ1) is 25.7. The van der Waals surface area contributed by atoms with Gasteiger partial charge in [-0.3, -0.25) is 0 Å². The Kier molecular flexibility index (Phi) is 9.45. The Hall–Kier alpha value is -1.42. The van der Waals surface area contributed by atoms with E-state index in [9.17, 15) is 8.78 Å². The standard InChI is InChI=1S/C30H44F2O2/c1-3-5-6-7-21-8-10-22(11-9-21)23-12-14-24(15-13-23)27-18-16-25(20-34-27)26-17-19-28(33-4-2)30(32)29(26)31/h10,17,19,21,23-25,27H,3-9,11-16,18,20H2,1-2H3. The highest BCUT2D eigenvalue weighted by Gasteiger charge is 2.34. The minimum atomic E-state index is -0.871. The number of allylic oxidation sites excluding steroid dienone is 2. The second-order valence-corrected chi connectivity index (χ2v) is 10.9. The van der Waals surface area contributed by atoms with Crippen molar-refractivity contribution in [3.8, 4) is 5.75 Å². The highest BCUT2D eigenvalue weighted by atomic mass is 19.2. The molecule has 2 fully saturated rings. The molecule has 3 aliphatic rings. The number of rotatable bonds is 9. The second kappa shape index (κ2) is 12.5. The van der Waals surface area contributed by atoms with Gasteiger partial charge < -0.3 is 9.47 Å². The van der Waals surface area contributed by atoms with Gasteiger partial charge in [-0.1, -0.05) is 50.3 Å². The van der Waals surface area contributed by atoms with Gasteiger partial charge in [-0.15, -0.1) is 0 Å². The summed E-state index contributed by atoms with van der Waals surface area (Å²) in [5.41, 5.74) is 2.17. The molecule has 0 aromatic heterocycles. The van der Waals surface area contributed by atoms with Crippen molar-refractivity contribution < 1.29 is 18.3 Å². The molecule has 2 aliphatic carbocycles. The maximum atomic E-state index is 14.6. The van der Waals surface area contributed by atoms with Crippen LogP contribution in [0.1, 0.15) is 109 Å². The van der Waals surface area contributed by atoms with Crippen molar-refractivity contribution in [3.05, 3.63) is 41.0 Å². The van der Waals surface area contributed by atoms with E-state index in [2.05, 4.69) is 13.0 Å². The number of benzene rings is 1. The van der Waals surface area contributed by atoms with E-state index in [1.165, 1.54) is 70.6 Å². The van der Waals surface area contributed by atoms with Crippen molar-refractivity contribution in [1.82, 2.24) is 0 Å².